The Morgan fingerprint density at radius 3 is 2.53 bits per heavy atom. The first-order valence-electron chi connectivity index (χ1n) is 4.61. The highest BCUT2D eigenvalue weighted by Gasteiger charge is 2.25. The molecule has 1 rings (SSSR count). The highest BCUT2D eigenvalue weighted by Crippen LogP contribution is 2.32. The second-order valence-electron chi connectivity index (χ2n) is 3.98. The molecular weight excluding hydrogens is 267 g/mol. The molecule has 8 heteroatoms. The Labute approximate surface area is 103 Å². The van der Waals surface area contributed by atoms with Crippen LogP contribution in [0.4, 0.5) is 4.39 Å². The molecule has 0 radical (unpaired) electrons. The largest absolute Gasteiger partial charge is 0.385 e. The number of amides is 1. The number of thiophene rings is 1. The van der Waals surface area contributed by atoms with Crippen LogP contribution < -0.4 is 5.14 Å². The molecule has 96 valence electrons. The van der Waals surface area contributed by atoms with E-state index in [9.17, 15) is 18.5 Å². The van der Waals surface area contributed by atoms with Crippen LogP contribution >= 0.6 is 11.3 Å². The van der Waals surface area contributed by atoms with Crippen LogP contribution in [-0.4, -0.2) is 15.2 Å². The first-order chi connectivity index (χ1) is 7.54. The molecule has 3 N–H and O–H groups in total. The molecule has 0 aliphatic rings. The summed E-state index contributed by atoms with van der Waals surface area (Å²) in [5.74, 6) is -1.57. The lowest BCUT2D eigenvalue weighted by molar-refractivity contribution is -0.115. The normalized spacial score (nSPS) is 15.4. The van der Waals surface area contributed by atoms with Crippen LogP contribution in [0, 0.1) is 5.82 Å². The maximum absolute atomic E-state index is 13.6. The molecule has 0 aliphatic heterocycles. The highest BCUT2D eigenvalue weighted by atomic mass is 32.2. The second kappa shape index (κ2) is 4.45. The molecular formula is C9H13FN2O3S2. The number of rotatable bonds is 2. The minimum absolute atomic E-state index is 0.266. The third-order valence-corrected chi connectivity index (χ3v) is 5.23. The summed E-state index contributed by atoms with van der Waals surface area (Å²) < 4.78 is 28.3. The number of nitrogens with two attached hydrogens (primary N) is 1. The van der Waals surface area contributed by atoms with Crippen molar-refractivity contribution in [2.75, 3.05) is 0 Å². The Hall–Kier alpha value is -0.830. The zero-order valence-electron chi connectivity index (χ0n) is 9.56. The smallest absolute Gasteiger partial charge is 0.251 e. The van der Waals surface area contributed by atoms with Gasteiger partial charge in [0, 0.05) is 11.8 Å². The maximum Gasteiger partial charge on any atom is 0.251 e. The van der Waals surface area contributed by atoms with Crippen molar-refractivity contribution in [2.24, 2.45) is 9.50 Å². The van der Waals surface area contributed by atoms with E-state index in [1.54, 1.807) is 0 Å². The van der Waals surface area contributed by atoms with Crippen LogP contribution in [0.25, 0.3) is 0 Å². The fraction of sp³-hybridized carbons (Fsp3) is 0.444. The van der Waals surface area contributed by atoms with E-state index in [2.05, 4.69) is 4.36 Å². The van der Waals surface area contributed by atoms with Crippen LogP contribution in [0.3, 0.4) is 0 Å². The molecule has 0 aliphatic carbocycles. The Morgan fingerprint density at radius 1 is 1.65 bits per heavy atom. The van der Waals surface area contributed by atoms with E-state index >= 15 is 0 Å². The molecule has 0 saturated carbocycles. The molecule has 0 fully saturated rings. The Kier molecular flexibility index (Phi) is 3.72. The molecule has 1 aromatic rings. The van der Waals surface area contributed by atoms with Crippen LogP contribution in [0.15, 0.2) is 14.6 Å². The monoisotopic (exact) mass is 280 g/mol. The number of carbonyl (C=O) groups excluding carboxylic acids is 1. The van der Waals surface area contributed by atoms with Crippen LogP contribution in [-0.2, 0) is 20.3 Å². The standard InChI is InChI=1S/C9H13FN2O3S2/c1-5(13)12-17(11,15)8-6(10)4-7(16-8)9(2,3)14/h4,14H,1-3H3,(H2,11,12,13,15). The predicted molar refractivity (Wildman–Crippen MR) is 63.2 cm³/mol. The van der Waals surface area contributed by atoms with E-state index in [1.807, 2.05) is 0 Å². The van der Waals surface area contributed by atoms with E-state index in [4.69, 9.17) is 5.14 Å². The first-order valence-corrected chi connectivity index (χ1v) is 7.01. The van der Waals surface area contributed by atoms with Crippen molar-refractivity contribution in [3.8, 4) is 0 Å². The Morgan fingerprint density at radius 2 is 2.18 bits per heavy atom. The quantitative estimate of drug-likeness (QED) is 0.856. The SMILES string of the molecule is CC(=O)N=S(N)(=O)c1sc(C(C)(C)O)cc1F. The number of hydrogen-bond acceptors (Lipinski definition) is 4. The lowest BCUT2D eigenvalue weighted by atomic mass is 10.1. The van der Waals surface area contributed by atoms with E-state index in [-0.39, 0.29) is 9.09 Å². The number of halogens is 1. The maximum atomic E-state index is 13.6. The number of carbonyl (C=O) groups is 1. The Balaban J connectivity index is 3.40. The molecule has 0 spiro atoms. The molecule has 0 saturated heterocycles. The van der Waals surface area contributed by atoms with Gasteiger partial charge in [0.15, 0.2) is 19.9 Å². The molecule has 1 unspecified atom stereocenters. The van der Waals surface area contributed by atoms with Gasteiger partial charge in [0.05, 0.1) is 5.60 Å². The molecule has 1 aromatic heterocycles. The summed E-state index contributed by atoms with van der Waals surface area (Å²) in [5.41, 5.74) is -1.27. The van der Waals surface area contributed by atoms with Gasteiger partial charge in [0.1, 0.15) is 0 Å². The summed E-state index contributed by atoms with van der Waals surface area (Å²) in [5, 5.41) is 15.0. The van der Waals surface area contributed by atoms with Gasteiger partial charge in [-0.2, -0.15) is 0 Å². The van der Waals surface area contributed by atoms with E-state index in [0.717, 1.165) is 24.3 Å². The van der Waals surface area contributed by atoms with Crippen molar-refractivity contribution in [1.82, 2.24) is 0 Å². The van der Waals surface area contributed by atoms with Crippen LogP contribution in [0.1, 0.15) is 25.6 Å². The van der Waals surface area contributed by atoms with E-state index in [0.29, 0.717) is 0 Å². The van der Waals surface area contributed by atoms with E-state index in [1.165, 1.54) is 13.8 Å². The molecule has 1 amide bonds. The van der Waals surface area contributed by atoms with Crippen molar-refractivity contribution in [3.05, 3.63) is 16.8 Å². The third-order valence-electron chi connectivity index (χ3n) is 1.79. The van der Waals surface area contributed by atoms with Gasteiger partial charge in [-0.1, -0.05) is 0 Å². The van der Waals surface area contributed by atoms with Gasteiger partial charge >= 0.3 is 0 Å². The summed E-state index contributed by atoms with van der Waals surface area (Å²) in [6.07, 6.45) is 0. The summed E-state index contributed by atoms with van der Waals surface area (Å²) in [6.45, 7) is 4.00. The summed E-state index contributed by atoms with van der Waals surface area (Å²) >= 11 is 0.744. The van der Waals surface area contributed by atoms with Gasteiger partial charge in [-0.05, 0) is 19.9 Å². The zero-order valence-corrected chi connectivity index (χ0v) is 11.2. The molecule has 0 aromatic carbocycles. The lowest BCUT2D eigenvalue weighted by Gasteiger charge is -2.13. The third kappa shape index (κ3) is 3.32. The van der Waals surface area contributed by atoms with Crippen molar-refractivity contribution in [3.63, 3.8) is 0 Å². The van der Waals surface area contributed by atoms with E-state index < -0.39 is 27.2 Å². The fourth-order valence-corrected chi connectivity index (χ4v) is 3.52. The van der Waals surface area contributed by atoms with Gasteiger partial charge in [0.25, 0.3) is 5.91 Å². The van der Waals surface area contributed by atoms with Gasteiger partial charge in [0.2, 0.25) is 0 Å². The van der Waals surface area contributed by atoms with Gasteiger partial charge in [-0.15, -0.1) is 15.7 Å². The molecule has 1 heterocycles. The van der Waals surface area contributed by atoms with Crippen molar-refractivity contribution in [1.29, 1.82) is 0 Å². The van der Waals surface area contributed by atoms with Gasteiger partial charge < -0.3 is 5.11 Å². The average Bonchev–Trinajstić information content (AvgIpc) is 2.44. The highest BCUT2D eigenvalue weighted by molar-refractivity contribution is 7.93. The number of aliphatic hydroxyl groups is 1. The predicted octanol–water partition coefficient (Wildman–Crippen LogP) is 1.36. The number of nitrogens with zero attached hydrogens (tertiary/aromatic N) is 1. The average molecular weight is 280 g/mol. The summed E-state index contributed by atoms with van der Waals surface area (Å²) in [4.78, 5) is 11.0. The lowest BCUT2D eigenvalue weighted by Crippen LogP contribution is -2.14. The van der Waals surface area contributed by atoms with Crippen molar-refractivity contribution >= 4 is 27.2 Å². The number of hydrogen-bond donors (Lipinski definition) is 2. The molecule has 0 bridgehead atoms. The molecule has 1 atom stereocenters. The van der Waals surface area contributed by atoms with Crippen LogP contribution in [0.2, 0.25) is 0 Å². The fourth-order valence-electron chi connectivity index (χ4n) is 1.09. The van der Waals surface area contributed by atoms with Crippen molar-refractivity contribution in [2.45, 2.75) is 30.6 Å². The molecule has 5 nitrogen and oxygen atoms in total. The second-order valence-corrected chi connectivity index (χ2v) is 7.02. The molecule has 17 heavy (non-hydrogen) atoms. The van der Waals surface area contributed by atoms with Crippen LogP contribution in [0.5, 0.6) is 0 Å². The van der Waals surface area contributed by atoms with Gasteiger partial charge in [-0.25, -0.2) is 13.7 Å². The zero-order chi connectivity index (χ0) is 13.4. The van der Waals surface area contributed by atoms with Gasteiger partial charge in [-0.3, -0.25) is 4.79 Å². The summed E-state index contributed by atoms with van der Waals surface area (Å²) in [7, 11) is -3.57. The minimum Gasteiger partial charge on any atom is -0.385 e. The summed E-state index contributed by atoms with van der Waals surface area (Å²) in [6, 6.07) is 1.04. The topological polar surface area (TPSA) is 92.8 Å². The minimum atomic E-state index is -3.57. The van der Waals surface area contributed by atoms with Crippen molar-refractivity contribution < 1.29 is 18.5 Å². The Bertz CT molecular complexity index is 565. The first kappa shape index (κ1) is 14.2.